The maximum absolute atomic E-state index is 11.8. The van der Waals surface area contributed by atoms with Gasteiger partial charge in [-0.25, -0.2) is 8.42 Å². The Morgan fingerprint density at radius 1 is 1.40 bits per heavy atom. The van der Waals surface area contributed by atoms with Gasteiger partial charge >= 0.3 is 0 Å². The fraction of sp³-hybridized carbons (Fsp3) is 0.462. The van der Waals surface area contributed by atoms with E-state index in [0.29, 0.717) is 26.3 Å². The summed E-state index contributed by atoms with van der Waals surface area (Å²) in [5.41, 5.74) is 0.850. The van der Waals surface area contributed by atoms with E-state index in [4.69, 9.17) is 4.74 Å². The molecule has 1 saturated heterocycles. The van der Waals surface area contributed by atoms with E-state index in [-0.39, 0.29) is 16.8 Å². The molecule has 6 nitrogen and oxygen atoms in total. The molecule has 1 aromatic rings. The summed E-state index contributed by atoms with van der Waals surface area (Å²) >= 11 is 0. The summed E-state index contributed by atoms with van der Waals surface area (Å²) in [6.45, 7) is 2.03. The minimum absolute atomic E-state index is 0.114. The number of sulfone groups is 1. The zero-order valence-corrected chi connectivity index (χ0v) is 12.1. The first-order chi connectivity index (χ1) is 9.47. The normalized spacial score (nSPS) is 19.6. The van der Waals surface area contributed by atoms with Crippen molar-refractivity contribution in [2.45, 2.75) is 17.5 Å². The first-order valence-electron chi connectivity index (χ1n) is 6.34. The fourth-order valence-corrected chi connectivity index (χ4v) is 2.53. The molecule has 1 amide bonds. The van der Waals surface area contributed by atoms with Crippen LogP contribution in [0.15, 0.2) is 29.2 Å². The first kappa shape index (κ1) is 15.0. The van der Waals surface area contributed by atoms with Crippen molar-refractivity contribution in [3.8, 4) is 0 Å². The topological polar surface area (TPSA) is 84.5 Å². The molecule has 0 radical (unpaired) electrons. The van der Waals surface area contributed by atoms with Gasteiger partial charge in [-0.05, 0) is 17.7 Å². The average molecular weight is 298 g/mol. The van der Waals surface area contributed by atoms with E-state index in [1.54, 1.807) is 24.3 Å². The number of nitrogens with one attached hydrogen (secondary N) is 2. The second kappa shape index (κ2) is 6.34. The molecular formula is C13H18N2O4S. The number of ether oxygens (including phenoxy) is 1. The number of carbonyl (C=O) groups excluding carboxylic acids is 1. The molecule has 1 unspecified atom stereocenters. The lowest BCUT2D eigenvalue weighted by Gasteiger charge is -2.22. The quantitative estimate of drug-likeness (QED) is 0.797. The largest absolute Gasteiger partial charge is 0.378 e. The second-order valence-corrected chi connectivity index (χ2v) is 6.73. The third-order valence-corrected chi connectivity index (χ3v) is 4.18. The molecule has 2 N–H and O–H groups in total. The van der Waals surface area contributed by atoms with Gasteiger partial charge in [0, 0.05) is 19.3 Å². The molecule has 1 aliphatic heterocycles. The molecule has 0 aliphatic carbocycles. The summed E-state index contributed by atoms with van der Waals surface area (Å²) in [5, 5.41) is 5.86. The lowest BCUT2D eigenvalue weighted by Crippen LogP contribution is -2.51. The van der Waals surface area contributed by atoms with E-state index in [9.17, 15) is 13.2 Å². The maximum Gasteiger partial charge on any atom is 0.239 e. The Morgan fingerprint density at radius 2 is 2.10 bits per heavy atom. The average Bonchev–Trinajstić information content (AvgIpc) is 2.45. The van der Waals surface area contributed by atoms with Gasteiger partial charge in [0.25, 0.3) is 0 Å². The SMILES string of the molecule is CS(=O)(=O)c1ccc(CNC(=O)C2COCCN2)cc1. The Morgan fingerprint density at radius 3 is 2.65 bits per heavy atom. The van der Waals surface area contributed by atoms with Crippen molar-refractivity contribution in [1.82, 2.24) is 10.6 Å². The molecular weight excluding hydrogens is 280 g/mol. The molecule has 1 aromatic carbocycles. The molecule has 0 spiro atoms. The molecule has 2 rings (SSSR count). The van der Waals surface area contributed by atoms with Crippen LogP contribution in [0.2, 0.25) is 0 Å². The van der Waals surface area contributed by atoms with E-state index in [0.717, 1.165) is 5.56 Å². The predicted molar refractivity (Wildman–Crippen MR) is 74.0 cm³/mol. The molecule has 110 valence electrons. The minimum atomic E-state index is -3.18. The van der Waals surface area contributed by atoms with E-state index >= 15 is 0 Å². The number of morpholine rings is 1. The highest BCUT2D eigenvalue weighted by molar-refractivity contribution is 7.90. The summed E-state index contributed by atoms with van der Waals surface area (Å²) in [6.07, 6.45) is 1.17. The lowest BCUT2D eigenvalue weighted by molar-refractivity contribution is -0.126. The number of rotatable bonds is 4. The molecule has 20 heavy (non-hydrogen) atoms. The monoisotopic (exact) mass is 298 g/mol. The van der Waals surface area contributed by atoms with Crippen LogP contribution in [-0.4, -0.2) is 46.4 Å². The second-order valence-electron chi connectivity index (χ2n) is 4.72. The van der Waals surface area contributed by atoms with Gasteiger partial charge in [0.05, 0.1) is 18.1 Å². The van der Waals surface area contributed by atoms with Crippen LogP contribution in [0.4, 0.5) is 0 Å². The van der Waals surface area contributed by atoms with Gasteiger partial charge < -0.3 is 15.4 Å². The predicted octanol–water partition coefficient (Wildman–Crippen LogP) is -0.305. The highest BCUT2D eigenvalue weighted by atomic mass is 32.2. The van der Waals surface area contributed by atoms with Gasteiger partial charge in [0.2, 0.25) is 5.91 Å². The van der Waals surface area contributed by atoms with Crippen molar-refractivity contribution in [1.29, 1.82) is 0 Å². The highest BCUT2D eigenvalue weighted by Crippen LogP contribution is 2.10. The molecule has 7 heteroatoms. The van der Waals surface area contributed by atoms with Gasteiger partial charge in [-0.3, -0.25) is 4.79 Å². The van der Waals surface area contributed by atoms with Gasteiger partial charge in [-0.2, -0.15) is 0 Å². The molecule has 0 aromatic heterocycles. The van der Waals surface area contributed by atoms with Crippen LogP contribution >= 0.6 is 0 Å². The summed E-state index contributed by atoms with van der Waals surface area (Å²) in [5.74, 6) is -0.114. The minimum Gasteiger partial charge on any atom is -0.378 e. The smallest absolute Gasteiger partial charge is 0.239 e. The van der Waals surface area contributed by atoms with Gasteiger partial charge in [-0.1, -0.05) is 12.1 Å². The third-order valence-electron chi connectivity index (χ3n) is 3.06. The molecule has 1 aliphatic rings. The zero-order chi connectivity index (χ0) is 14.6. The first-order valence-corrected chi connectivity index (χ1v) is 8.24. The summed E-state index contributed by atoms with van der Waals surface area (Å²) in [6, 6.07) is 6.15. The Kier molecular flexibility index (Phi) is 4.74. The zero-order valence-electron chi connectivity index (χ0n) is 11.3. The molecule has 1 atom stereocenters. The standard InChI is InChI=1S/C13H18N2O4S/c1-20(17,18)11-4-2-10(3-5-11)8-15-13(16)12-9-19-7-6-14-12/h2-5,12,14H,6-9H2,1H3,(H,15,16). The molecule has 0 saturated carbocycles. The van der Waals surface area contributed by atoms with Crippen LogP contribution in [0.1, 0.15) is 5.56 Å². The number of amides is 1. The third kappa shape index (κ3) is 4.03. The molecule has 1 fully saturated rings. The van der Waals surface area contributed by atoms with Crippen LogP contribution in [0.25, 0.3) is 0 Å². The van der Waals surface area contributed by atoms with Crippen molar-refractivity contribution in [2.75, 3.05) is 26.0 Å². The number of hydrogen-bond donors (Lipinski definition) is 2. The van der Waals surface area contributed by atoms with Crippen molar-refractivity contribution in [3.63, 3.8) is 0 Å². The van der Waals surface area contributed by atoms with E-state index in [1.807, 2.05) is 0 Å². The van der Waals surface area contributed by atoms with Crippen molar-refractivity contribution < 1.29 is 17.9 Å². The Balaban J connectivity index is 1.89. The summed E-state index contributed by atoms with van der Waals surface area (Å²) in [4.78, 5) is 12.1. The molecule has 0 bridgehead atoms. The Bertz CT molecular complexity index is 563. The van der Waals surface area contributed by atoms with Crippen molar-refractivity contribution >= 4 is 15.7 Å². The summed E-state index contributed by atoms with van der Waals surface area (Å²) in [7, 11) is -3.18. The molecule has 1 heterocycles. The van der Waals surface area contributed by atoms with Gasteiger partial charge in [0.1, 0.15) is 6.04 Å². The van der Waals surface area contributed by atoms with Crippen molar-refractivity contribution in [2.24, 2.45) is 0 Å². The van der Waals surface area contributed by atoms with Gasteiger partial charge in [0.15, 0.2) is 9.84 Å². The van der Waals surface area contributed by atoms with Crippen LogP contribution in [0.3, 0.4) is 0 Å². The van der Waals surface area contributed by atoms with E-state index < -0.39 is 9.84 Å². The van der Waals surface area contributed by atoms with Crippen LogP contribution in [0, 0.1) is 0 Å². The maximum atomic E-state index is 11.8. The van der Waals surface area contributed by atoms with Crippen LogP contribution in [-0.2, 0) is 25.9 Å². The Hall–Kier alpha value is -1.44. The fourth-order valence-electron chi connectivity index (χ4n) is 1.90. The van der Waals surface area contributed by atoms with E-state index in [2.05, 4.69) is 10.6 Å². The number of hydrogen-bond acceptors (Lipinski definition) is 5. The number of carbonyl (C=O) groups is 1. The van der Waals surface area contributed by atoms with E-state index in [1.165, 1.54) is 6.26 Å². The Labute approximate surface area is 118 Å². The highest BCUT2D eigenvalue weighted by Gasteiger charge is 2.20. The van der Waals surface area contributed by atoms with Crippen molar-refractivity contribution in [3.05, 3.63) is 29.8 Å². The van der Waals surface area contributed by atoms with Crippen LogP contribution in [0.5, 0.6) is 0 Å². The lowest BCUT2D eigenvalue weighted by atomic mass is 10.2. The van der Waals surface area contributed by atoms with Gasteiger partial charge in [-0.15, -0.1) is 0 Å². The van der Waals surface area contributed by atoms with Crippen LogP contribution < -0.4 is 10.6 Å². The number of benzene rings is 1. The summed E-state index contributed by atoms with van der Waals surface area (Å²) < 4.78 is 27.9.